The highest BCUT2D eigenvalue weighted by atomic mass is 16.5. The molecule has 2 aromatic carbocycles. The van der Waals surface area contributed by atoms with E-state index in [1.54, 1.807) is 26.6 Å². The third-order valence-electron chi connectivity index (χ3n) is 4.67. The van der Waals surface area contributed by atoms with Crippen LogP contribution >= 0.6 is 0 Å². The van der Waals surface area contributed by atoms with Gasteiger partial charge in [-0.2, -0.15) is 0 Å². The molecule has 0 atom stereocenters. The second-order valence-corrected chi connectivity index (χ2v) is 6.23. The summed E-state index contributed by atoms with van der Waals surface area (Å²) in [6, 6.07) is 20.3. The molecule has 0 spiro atoms. The van der Waals surface area contributed by atoms with Gasteiger partial charge in [-0.1, -0.05) is 36.4 Å². The number of rotatable bonds is 5. The lowest BCUT2D eigenvalue weighted by Gasteiger charge is -2.12. The zero-order valence-electron chi connectivity index (χ0n) is 15.3. The molecule has 0 N–H and O–H groups in total. The van der Waals surface area contributed by atoms with Crippen molar-refractivity contribution in [1.82, 2.24) is 4.98 Å². The first-order chi connectivity index (χ1) is 13.3. The van der Waals surface area contributed by atoms with Crippen molar-refractivity contribution < 1.29 is 9.47 Å². The van der Waals surface area contributed by atoms with Crippen molar-refractivity contribution in [2.24, 2.45) is 4.99 Å². The number of methoxy groups -OCH3 is 2. The van der Waals surface area contributed by atoms with Gasteiger partial charge in [0.15, 0.2) is 11.5 Å². The Labute approximate surface area is 158 Å². The van der Waals surface area contributed by atoms with E-state index in [1.807, 2.05) is 42.5 Å². The van der Waals surface area contributed by atoms with Crippen LogP contribution in [0.1, 0.15) is 23.1 Å². The minimum Gasteiger partial charge on any atom is -0.493 e. The van der Waals surface area contributed by atoms with Crippen LogP contribution in [0, 0.1) is 0 Å². The van der Waals surface area contributed by atoms with Crippen molar-refractivity contribution in [2.75, 3.05) is 14.2 Å². The minimum absolute atomic E-state index is 0.715. The van der Waals surface area contributed by atoms with Crippen molar-refractivity contribution >= 4 is 17.0 Å². The summed E-state index contributed by atoms with van der Waals surface area (Å²) in [5.41, 5.74) is 6.49. The zero-order valence-corrected chi connectivity index (χ0v) is 15.3. The smallest absolute Gasteiger partial charge is 0.161 e. The van der Waals surface area contributed by atoms with Crippen molar-refractivity contribution in [3.63, 3.8) is 0 Å². The van der Waals surface area contributed by atoms with Crippen LogP contribution in [0.5, 0.6) is 11.5 Å². The number of aromatic nitrogens is 1. The third-order valence-corrected chi connectivity index (χ3v) is 4.67. The molecule has 2 heterocycles. The van der Waals surface area contributed by atoms with E-state index < -0.39 is 0 Å². The van der Waals surface area contributed by atoms with Gasteiger partial charge >= 0.3 is 0 Å². The minimum atomic E-state index is 0.715. The number of hydrogen-bond acceptors (Lipinski definition) is 4. The van der Waals surface area contributed by atoms with Gasteiger partial charge in [-0.05, 0) is 41.0 Å². The average molecular weight is 356 g/mol. The van der Waals surface area contributed by atoms with Crippen LogP contribution in [-0.2, 0) is 0 Å². The summed E-state index contributed by atoms with van der Waals surface area (Å²) in [5, 5.41) is 0. The molecule has 27 heavy (non-hydrogen) atoms. The average Bonchev–Trinajstić information content (AvgIpc) is 3.20. The van der Waals surface area contributed by atoms with Crippen molar-refractivity contribution in [3.8, 4) is 11.5 Å². The van der Waals surface area contributed by atoms with Crippen LogP contribution in [-0.4, -0.2) is 24.9 Å². The fraction of sp³-hybridized carbons (Fsp3) is 0.130. The fourth-order valence-corrected chi connectivity index (χ4v) is 3.30. The summed E-state index contributed by atoms with van der Waals surface area (Å²) in [6.07, 6.45) is 4.35. The first kappa shape index (κ1) is 17.0. The van der Waals surface area contributed by atoms with E-state index in [0.29, 0.717) is 5.75 Å². The molecule has 0 bridgehead atoms. The first-order valence-electron chi connectivity index (χ1n) is 8.79. The molecule has 0 radical (unpaired) electrons. The molecular weight excluding hydrogens is 336 g/mol. The van der Waals surface area contributed by atoms with E-state index in [2.05, 4.69) is 23.2 Å². The van der Waals surface area contributed by atoms with Gasteiger partial charge in [-0.3, -0.25) is 9.98 Å². The maximum absolute atomic E-state index is 5.50. The molecule has 0 amide bonds. The topological polar surface area (TPSA) is 43.7 Å². The SMILES string of the molecule is COc1ccc(C2=C(c3ccccc3)N=C(c3ccncc3)C2)cc1OC. The number of ether oxygens (including phenoxy) is 2. The number of allylic oxidation sites excluding steroid dienone is 1. The lowest BCUT2D eigenvalue weighted by molar-refractivity contribution is 0.355. The van der Waals surface area contributed by atoms with Crippen LogP contribution in [0.25, 0.3) is 11.3 Å². The maximum Gasteiger partial charge on any atom is 0.161 e. The highest BCUT2D eigenvalue weighted by Crippen LogP contribution is 2.39. The summed E-state index contributed by atoms with van der Waals surface area (Å²) < 4.78 is 10.9. The Kier molecular flexibility index (Phi) is 4.71. The maximum atomic E-state index is 5.50. The molecule has 0 unspecified atom stereocenters. The van der Waals surface area contributed by atoms with Crippen LogP contribution in [0.2, 0.25) is 0 Å². The number of pyridine rings is 1. The molecule has 1 aliphatic heterocycles. The van der Waals surface area contributed by atoms with Gasteiger partial charge in [-0.15, -0.1) is 0 Å². The van der Waals surface area contributed by atoms with Crippen molar-refractivity contribution in [1.29, 1.82) is 0 Å². The normalized spacial score (nSPS) is 13.5. The Bertz CT molecular complexity index is 1010. The Morgan fingerprint density at radius 1 is 0.741 bits per heavy atom. The molecule has 4 nitrogen and oxygen atoms in total. The molecule has 3 aromatic rings. The van der Waals surface area contributed by atoms with Gasteiger partial charge in [0.25, 0.3) is 0 Å². The molecule has 0 saturated carbocycles. The molecule has 0 aliphatic carbocycles. The summed E-state index contributed by atoms with van der Waals surface area (Å²) in [5.74, 6) is 1.43. The van der Waals surface area contributed by atoms with Gasteiger partial charge in [-0.25, -0.2) is 0 Å². The number of hydrogen-bond donors (Lipinski definition) is 0. The molecule has 1 aromatic heterocycles. The van der Waals surface area contributed by atoms with E-state index in [9.17, 15) is 0 Å². The van der Waals surface area contributed by atoms with E-state index in [1.165, 1.54) is 5.57 Å². The Balaban J connectivity index is 1.82. The molecule has 0 fully saturated rings. The molecule has 134 valence electrons. The van der Waals surface area contributed by atoms with Crippen LogP contribution in [0.15, 0.2) is 78.0 Å². The molecule has 4 heteroatoms. The van der Waals surface area contributed by atoms with E-state index in [4.69, 9.17) is 14.5 Å². The molecular formula is C23H20N2O2. The lowest BCUT2D eigenvalue weighted by Crippen LogP contribution is -1.98. The van der Waals surface area contributed by atoms with E-state index >= 15 is 0 Å². The van der Waals surface area contributed by atoms with E-state index in [-0.39, 0.29) is 0 Å². The summed E-state index contributed by atoms with van der Waals surface area (Å²) >= 11 is 0. The van der Waals surface area contributed by atoms with Crippen molar-refractivity contribution in [2.45, 2.75) is 6.42 Å². The van der Waals surface area contributed by atoms with Crippen LogP contribution < -0.4 is 9.47 Å². The van der Waals surface area contributed by atoms with Gasteiger partial charge in [0.1, 0.15) is 0 Å². The largest absolute Gasteiger partial charge is 0.493 e. The summed E-state index contributed by atoms with van der Waals surface area (Å²) in [7, 11) is 3.30. The van der Waals surface area contributed by atoms with Crippen molar-refractivity contribution in [3.05, 3.63) is 89.7 Å². The number of nitrogens with zero attached hydrogens (tertiary/aromatic N) is 2. The van der Waals surface area contributed by atoms with Crippen LogP contribution in [0.3, 0.4) is 0 Å². The summed E-state index contributed by atoms with van der Waals surface area (Å²) in [4.78, 5) is 9.09. The Morgan fingerprint density at radius 2 is 1.48 bits per heavy atom. The van der Waals surface area contributed by atoms with Gasteiger partial charge < -0.3 is 9.47 Å². The Hall–Kier alpha value is -3.40. The first-order valence-corrected chi connectivity index (χ1v) is 8.79. The molecule has 4 rings (SSSR count). The highest BCUT2D eigenvalue weighted by molar-refractivity contribution is 6.16. The number of aliphatic imine (C=N–C) groups is 1. The predicted molar refractivity (Wildman–Crippen MR) is 108 cm³/mol. The zero-order chi connectivity index (χ0) is 18.6. The second-order valence-electron chi connectivity index (χ2n) is 6.23. The fourth-order valence-electron chi connectivity index (χ4n) is 3.30. The van der Waals surface area contributed by atoms with Gasteiger partial charge in [0, 0.05) is 24.4 Å². The van der Waals surface area contributed by atoms with E-state index in [0.717, 1.165) is 40.3 Å². The monoisotopic (exact) mass is 356 g/mol. The number of benzene rings is 2. The second kappa shape index (κ2) is 7.46. The van der Waals surface area contributed by atoms with Gasteiger partial charge in [0.2, 0.25) is 0 Å². The Morgan fingerprint density at radius 3 is 2.19 bits per heavy atom. The summed E-state index contributed by atoms with van der Waals surface area (Å²) in [6.45, 7) is 0. The standard InChI is InChI=1S/C23H20N2O2/c1-26-21-9-8-18(14-22(21)27-2)19-15-20(16-10-12-24-13-11-16)25-23(19)17-6-4-3-5-7-17/h3-14H,15H2,1-2H3. The highest BCUT2D eigenvalue weighted by Gasteiger charge is 2.22. The lowest BCUT2D eigenvalue weighted by atomic mass is 9.96. The quantitative estimate of drug-likeness (QED) is 0.656. The van der Waals surface area contributed by atoms with Crippen LogP contribution in [0.4, 0.5) is 0 Å². The van der Waals surface area contributed by atoms with Gasteiger partial charge in [0.05, 0.1) is 25.6 Å². The molecule has 0 saturated heterocycles. The third kappa shape index (κ3) is 3.34. The molecule has 1 aliphatic rings. The predicted octanol–water partition coefficient (Wildman–Crippen LogP) is 4.86.